The molecule has 0 N–H and O–H groups in total. The highest BCUT2D eigenvalue weighted by atomic mass is 79.9. The Hall–Kier alpha value is -0.870. The summed E-state index contributed by atoms with van der Waals surface area (Å²) in [6.07, 6.45) is 5.28. The van der Waals surface area contributed by atoms with Crippen LogP contribution in [-0.4, -0.2) is 32.6 Å². The van der Waals surface area contributed by atoms with Gasteiger partial charge in [-0.3, -0.25) is 9.58 Å². The van der Waals surface area contributed by atoms with Gasteiger partial charge in [0.1, 0.15) is 0 Å². The Bertz CT molecular complexity index is 607. The van der Waals surface area contributed by atoms with Crippen molar-refractivity contribution >= 4 is 26.8 Å². The van der Waals surface area contributed by atoms with Crippen LogP contribution in [0.4, 0.5) is 0 Å². The van der Waals surface area contributed by atoms with Crippen LogP contribution in [0.25, 0.3) is 10.9 Å². The van der Waals surface area contributed by atoms with Gasteiger partial charge >= 0.3 is 0 Å². The fourth-order valence-corrected chi connectivity index (χ4v) is 4.46. The number of alkyl halides is 1. The van der Waals surface area contributed by atoms with Crippen LogP contribution >= 0.6 is 15.9 Å². The standard InChI is InChI=1S/C17H24BrN3/c1-3-21-16-10-6-4-8-13(16)15(19-21)12-20(2)17-11-7-5-9-14(17)18/h4,6,8,10,14,17H,3,5,7,9,11-12H2,1-2H3. The van der Waals surface area contributed by atoms with E-state index in [-0.39, 0.29) is 0 Å². The number of benzene rings is 1. The fraction of sp³-hybridized carbons (Fsp3) is 0.588. The second kappa shape index (κ2) is 6.49. The topological polar surface area (TPSA) is 21.1 Å². The molecule has 1 heterocycles. The van der Waals surface area contributed by atoms with Crippen molar-refractivity contribution in [2.75, 3.05) is 7.05 Å². The molecule has 1 aliphatic carbocycles. The molecule has 1 aliphatic rings. The first kappa shape index (κ1) is 15.0. The minimum absolute atomic E-state index is 0.621. The highest BCUT2D eigenvalue weighted by Gasteiger charge is 2.27. The van der Waals surface area contributed by atoms with E-state index in [1.807, 2.05) is 0 Å². The third kappa shape index (κ3) is 3.02. The molecular formula is C17H24BrN3. The molecule has 3 rings (SSSR count). The highest BCUT2D eigenvalue weighted by molar-refractivity contribution is 9.09. The van der Waals surface area contributed by atoms with Gasteiger partial charge in [-0.2, -0.15) is 5.10 Å². The summed E-state index contributed by atoms with van der Waals surface area (Å²) in [5, 5.41) is 6.13. The van der Waals surface area contributed by atoms with Crippen molar-refractivity contribution in [3.8, 4) is 0 Å². The molecule has 0 bridgehead atoms. The molecule has 0 amide bonds. The van der Waals surface area contributed by atoms with Crippen LogP contribution in [0.1, 0.15) is 38.3 Å². The van der Waals surface area contributed by atoms with Crippen LogP contribution in [0, 0.1) is 0 Å². The van der Waals surface area contributed by atoms with Crippen LogP contribution in [0.15, 0.2) is 24.3 Å². The molecule has 0 saturated heterocycles. The summed E-state index contributed by atoms with van der Waals surface area (Å²) >= 11 is 3.87. The van der Waals surface area contributed by atoms with Gasteiger partial charge in [-0.1, -0.05) is 47.0 Å². The number of aryl methyl sites for hydroxylation is 1. The van der Waals surface area contributed by atoms with Crippen molar-refractivity contribution in [1.82, 2.24) is 14.7 Å². The lowest BCUT2D eigenvalue weighted by atomic mass is 9.94. The fourth-order valence-electron chi connectivity index (χ4n) is 3.47. The summed E-state index contributed by atoms with van der Waals surface area (Å²) in [4.78, 5) is 3.10. The van der Waals surface area contributed by atoms with Gasteiger partial charge in [0.2, 0.25) is 0 Å². The molecule has 2 atom stereocenters. The Labute approximate surface area is 135 Å². The summed E-state index contributed by atoms with van der Waals surface area (Å²) in [7, 11) is 2.24. The first-order valence-electron chi connectivity index (χ1n) is 7.99. The summed E-state index contributed by atoms with van der Waals surface area (Å²) in [5.41, 5.74) is 2.46. The van der Waals surface area contributed by atoms with E-state index in [1.165, 1.54) is 42.3 Å². The molecule has 3 nitrogen and oxygen atoms in total. The SMILES string of the molecule is CCn1nc(CN(C)C2CCCCC2Br)c2ccccc21. The van der Waals surface area contributed by atoms with Crippen molar-refractivity contribution in [2.24, 2.45) is 0 Å². The first-order chi connectivity index (χ1) is 10.2. The lowest BCUT2D eigenvalue weighted by molar-refractivity contribution is 0.191. The molecule has 114 valence electrons. The van der Waals surface area contributed by atoms with Gasteiger partial charge in [0.25, 0.3) is 0 Å². The van der Waals surface area contributed by atoms with Gasteiger partial charge in [-0.15, -0.1) is 0 Å². The van der Waals surface area contributed by atoms with Gasteiger partial charge in [0, 0.05) is 29.3 Å². The van der Waals surface area contributed by atoms with Gasteiger partial charge in [0.15, 0.2) is 0 Å². The smallest absolute Gasteiger partial charge is 0.0843 e. The molecular weight excluding hydrogens is 326 g/mol. The lowest BCUT2D eigenvalue weighted by Gasteiger charge is -2.34. The van der Waals surface area contributed by atoms with Crippen molar-refractivity contribution in [3.05, 3.63) is 30.0 Å². The summed E-state index contributed by atoms with van der Waals surface area (Å²) in [6, 6.07) is 9.21. The zero-order chi connectivity index (χ0) is 14.8. The van der Waals surface area contributed by atoms with E-state index < -0.39 is 0 Å². The second-order valence-electron chi connectivity index (χ2n) is 6.06. The van der Waals surface area contributed by atoms with Crippen molar-refractivity contribution < 1.29 is 0 Å². The average Bonchev–Trinajstić information content (AvgIpc) is 2.86. The number of nitrogens with zero attached hydrogens (tertiary/aromatic N) is 3. The van der Waals surface area contributed by atoms with E-state index in [4.69, 9.17) is 5.10 Å². The van der Waals surface area contributed by atoms with E-state index in [0.717, 1.165) is 13.1 Å². The molecule has 4 heteroatoms. The number of hydrogen-bond acceptors (Lipinski definition) is 2. The molecule has 0 spiro atoms. The molecule has 0 radical (unpaired) electrons. The van der Waals surface area contributed by atoms with Crippen LogP contribution in [0.2, 0.25) is 0 Å². The first-order valence-corrected chi connectivity index (χ1v) is 8.91. The van der Waals surface area contributed by atoms with E-state index in [0.29, 0.717) is 10.9 Å². The van der Waals surface area contributed by atoms with E-state index in [2.05, 4.69) is 63.7 Å². The predicted molar refractivity (Wildman–Crippen MR) is 91.8 cm³/mol. The zero-order valence-electron chi connectivity index (χ0n) is 12.9. The van der Waals surface area contributed by atoms with Gasteiger partial charge < -0.3 is 0 Å². The summed E-state index contributed by atoms with van der Waals surface area (Å²) in [5.74, 6) is 0. The Morgan fingerprint density at radius 1 is 1.29 bits per heavy atom. The largest absolute Gasteiger partial charge is 0.296 e. The van der Waals surface area contributed by atoms with Crippen molar-refractivity contribution in [1.29, 1.82) is 0 Å². The molecule has 0 aliphatic heterocycles. The third-order valence-corrected chi connectivity index (χ3v) is 5.71. The van der Waals surface area contributed by atoms with Crippen LogP contribution in [0.5, 0.6) is 0 Å². The minimum Gasteiger partial charge on any atom is -0.296 e. The quantitative estimate of drug-likeness (QED) is 0.771. The number of halogens is 1. The molecule has 1 fully saturated rings. The Morgan fingerprint density at radius 2 is 2.05 bits per heavy atom. The monoisotopic (exact) mass is 349 g/mol. The molecule has 2 unspecified atom stereocenters. The maximum atomic E-state index is 4.83. The molecule has 1 saturated carbocycles. The maximum absolute atomic E-state index is 4.83. The maximum Gasteiger partial charge on any atom is 0.0843 e. The summed E-state index contributed by atoms with van der Waals surface area (Å²) in [6.45, 7) is 4.01. The van der Waals surface area contributed by atoms with E-state index >= 15 is 0 Å². The zero-order valence-corrected chi connectivity index (χ0v) is 14.5. The Kier molecular flexibility index (Phi) is 4.65. The van der Waals surface area contributed by atoms with Gasteiger partial charge in [0.05, 0.1) is 11.2 Å². The third-order valence-electron chi connectivity index (χ3n) is 4.65. The number of hydrogen-bond donors (Lipinski definition) is 0. The molecule has 2 aromatic rings. The van der Waals surface area contributed by atoms with Crippen LogP contribution < -0.4 is 0 Å². The molecule has 1 aromatic carbocycles. The van der Waals surface area contributed by atoms with Gasteiger partial charge in [-0.05, 0) is 32.9 Å². The van der Waals surface area contributed by atoms with E-state index in [9.17, 15) is 0 Å². The van der Waals surface area contributed by atoms with Crippen molar-refractivity contribution in [2.45, 2.75) is 56.6 Å². The van der Waals surface area contributed by atoms with Crippen LogP contribution in [0.3, 0.4) is 0 Å². The minimum atomic E-state index is 0.621. The van der Waals surface area contributed by atoms with Gasteiger partial charge in [-0.25, -0.2) is 0 Å². The van der Waals surface area contributed by atoms with Crippen LogP contribution in [-0.2, 0) is 13.1 Å². The Balaban J connectivity index is 1.84. The normalized spacial score (nSPS) is 23.0. The average molecular weight is 350 g/mol. The molecule has 21 heavy (non-hydrogen) atoms. The molecule has 1 aromatic heterocycles. The Morgan fingerprint density at radius 3 is 2.81 bits per heavy atom. The van der Waals surface area contributed by atoms with E-state index in [1.54, 1.807) is 0 Å². The second-order valence-corrected chi connectivity index (χ2v) is 7.24. The predicted octanol–water partition coefficient (Wildman–Crippen LogP) is 4.19. The number of para-hydroxylation sites is 1. The number of fused-ring (bicyclic) bond motifs is 1. The number of aromatic nitrogens is 2. The highest BCUT2D eigenvalue weighted by Crippen LogP contribution is 2.29. The van der Waals surface area contributed by atoms with Crippen molar-refractivity contribution in [3.63, 3.8) is 0 Å². The lowest BCUT2D eigenvalue weighted by Crippen LogP contribution is -2.40. The number of rotatable bonds is 4. The summed E-state index contributed by atoms with van der Waals surface area (Å²) < 4.78 is 2.12.